The summed E-state index contributed by atoms with van der Waals surface area (Å²) in [5, 5.41) is 0. The van der Waals surface area contributed by atoms with Crippen LogP contribution in [0.3, 0.4) is 0 Å². The van der Waals surface area contributed by atoms with Gasteiger partial charge in [-0.25, -0.2) is 0 Å². The largest absolute Gasteiger partial charge is 0.469 e. The van der Waals surface area contributed by atoms with Crippen molar-refractivity contribution in [3.05, 3.63) is 34.9 Å². The van der Waals surface area contributed by atoms with Crippen LogP contribution >= 0.6 is 0 Å². The summed E-state index contributed by atoms with van der Waals surface area (Å²) in [6, 6.07) is 6.40. The lowest BCUT2D eigenvalue weighted by molar-refractivity contribution is -0.140. The van der Waals surface area contributed by atoms with Gasteiger partial charge in [0.1, 0.15) is 0 Å². The second kappa shape index (κ2) is 6.70. The van der Waals surface area contributed by atoms with E-state index in [1.807, 2.05) is 6.07 Å². The minimum absolute atomic E-state index is 0.178. The third kappa shape index (κ3) is 3.10. The second-order valence-corrected chi connectivity index (χ2v) is 5.01. The van der Waals surface area contributed by atoms with Crippen LogP contribution in [0.2, 0.25) is 0 Å². The normalized spacial score (nSPS) is 18.2. The number of hydrogen-bond donors (Lipinski definition) is 0. The molecule has 0 spiro atoms. The van der Waals surface area contributed by atoms with Gasteiger partial charge in [0.05, 0.1) is 13.3 Å². The first-order valence-electron chi connectivity index (χ1n) is 6.89. The lowest BCUT2D eigenvalue weighted by Crippen LogP contribution is -2.38. The van der Waals surface area contributed by atoms with Crippen LogP contribution in [0.1, 0.15) is 36.1 Å². The molecule has 0 N–H and O–H groups in total. The van der Waals surface area contributed by atoms with Crippen LogP contribution in [-0.4, -0.2) is 38.0 Å². The summed E-state index contributed by atoms with van der Waals surface area (Å²) in [6.07, 6.45) is 2.86. The Balaban J connectivity index is 2.18. The van der Waals surface area contributed by atoms with E-state index in [-0.39, 0.29) is 12.0 Å². The molecule has 1 aliphatic heterocycles. The fraction of sp³-hybridized carbons (Fsp3) is 0.467. The summed E-state index contributed by atoms with van der Waals surface area (Å²) < 4.78 is 4.70. The number of nitrogens with zero attached hydrogens (tertiary/aromatic N) is 1. The quantitative estimate of drug-likeness (QED) is 0.463. The number of carbonyl (C=O) groups excluding carboxylic acids is 2. The van der Waals surface area contributed by atoms with Crippen molar-refractivity contribution in [2.75, 3.05) is 13.7 Å². The Kier molecular flexibility index (Phi) is 4.96. The van der Waals surface area contributed by atoms with Gasteiger partial charge in [-0.3, -0.25) is 4.79 Å². The van der Waals surface area contributed by atoms with E-state index in [4.69, 9.17) is 4.74 Å². The average Bonchev–Trinajstić information content (AvgIpc) is 2.48. The number of carbonyl (C=O) groups is 2. The molecule has 1 aromatic carbocycles. The molecule has 0 saturated carbocycles. The van der Waals surface area contributed by atoms with Crippen LogP contribution in [0, 0.1) is 0 Å². The Morgan fingerprint density at radius 1 is 1.55 bits per heavy atom. The van der Waals surface area contributed by atoms with Crippen molar-refractivity contribution < 1.29 is 14.3 Å². The molecule has 0 fully saturated rings. The molecule has 1 aromatic rings. The van der Waals surface area contributed by atoms with Crippen LogP contribution in [0.15, 0.2) is 18.2 Å². The maximum Gasteiger partial charge on any atom is 0.305 e. The van der Waals surface area contributed by atoms with Crippen LogP contribution in [0.5, 0.6) is 0 Å². The van der Waals surface area contributed by atoms with Crippen molar-refractivity contribution >= 4 is 19.6 Å². The summed E-state index contributed by atoms with van der Waals surface area (Å²) in [6.45, 7) is 2.93. The SMILES string of the molecule is COC(=O)CCc1cccc2c1CCN([B]C=O)[C@H]2C. The highest BCUT2D eigenvalue weighted by molar-refractivity contribution is 6.64. The van der Waals surface area contributed by atoms with Gasteiger partial charge in [0.25, 0.3) is 7.41 Å². The Morgan fingerprint density at radius 2 is 2.35 bits per heavy atom. The van der Waals surface area contributed by atoms with E-state index in [1.54, 1.807) is 7.41 Å². The second-order valence-electron chi connectivity index (χ2n) is 5.01. The molecular formula is C15H19BNO3. The monoisotopic (exact) mass is 272 g/mol. The standard InChI is InChI=1S/C15H19BNO3/c1-11-13-5-3-4-12(6-7-15(19)20-2)14(13)8-9-17(11)16-10-18/h3-5,10-11H,6-9H2,1-2H3/t11-/m0/s1. The zero-order chi connectivity index (χ0) is 14.5. The Labute approximate surface area is 120 Å². The van der Waals surface area contributed by atoms with Crippen LogP contribution in [-0.2, 0) is 27.2 Å². The molecule has 0 aliphatic carbocycles. The molecule has 0 bridgehead atoms. The first-order chi connectivity index (χ1) is 9.67. The Morgan fingerprint density at radius 3 is 3.05 bits per heavy atom. The summed E-state index contributed by atoms with van der Waals surface area (Å²) in [4.78, 5) is 24.0. The van der Waals surface area contributed by atoms with Crippen molar-refractivity contribution in [1.82, 2.24) is 4.81 Å². The molecular weight excluding hydrogens is 253 g/mol. The molecule has 5 heteroatoms. The van der Waals surface area contributed by atoms with E-state index in [2.05, 4.69) is 23.9 Å². The lowest BCUT2D eigenvalue weighted by Gasteiger charge is -2.35. The number of rotatable bonds is 5. The molecule has 2 rings (SSSR count). The van der Waals surface area contributed by atoms with E-state index in [9.17, 15) is 9.59 Å². The molecule has 1 radical (unpaired) electrons. The predicted octanol–water partition coefficient (Wildman–Crippen LogP) is 1.52. The highest BCUT2D eigenvalue weighted by Gasteiger charge is 2.25. The Hall–Kier alpha value is -1.62. The highest BCUT2D eigenvalue weighted by atomic mass is 16.5. The molecule has 1 heterocycles. The smallest absolute Gasteiger partial charge is 0.305 e. The molecule has 4 nitrogen and oxygen atoms in total. The van der Waals surface area contributed by atoms with Gasteiger partial charge >= 0.3 is 5.97 Å². The van der Waals surface area contributed by atoms with Gasteiger partial charge < -0.3 is 14.3 Å². The van der Waals surface area contributed by atoms with Gasteiger partial charge in [-0.1, -0.05) is 18.2 Å². The van der Waals surface area contributed by atoms with Gasteiger partial charge in [-0.05, 0) is 43.0 Å². The summed E-state index contributed by atoms with van der Waals surface area (Å²) in [7, 11) is 3.02. The minimum Gasteiger partial charge on any atom is -0.469 e. The van der Waals surface area contributed by atoms with Crippen molar-refractivity contribution in [3.8, 4) is 0 Å². The van der Waals surface area contributed by atoms with Crippen molar-refractivity contribution in [1.29, 1.82) is 0 Å². The predicted molar refractivity (Wildman–Crippen MR) is 78.1 cm³/mol. The molecule has 20 heavy (non-hydrogen) atoms. The van der Waals surface area contributed by atoms with E-state index in [0.29, 0.717) is 12.8 Å². The maximum atomic E-state index is 11.3. The first kappa shape index (κ1) is 14.8. The molecule has 105 valence electrons. The number of methoxy groups -OCH3 is 1. The third-order valence-corrected chi connectivity index (χ3v) is 3.96. The van der Waals surface area contributed by atoms with Crippen molar-refractivity contribution in [3.63, 3.8) is 0 Å². The fourth-order valence-corrected chi connectivity index (χ4v) is 2.82. The zero-order valence-corrected chi connectivity index (χ0v) is 12.0. The van der Waals surface area contributed by atoms with Gasteiger partial charge in [0, 0.05) is 12.5 Å². The lowest BCUT2D eigenvalue weighted by atomic mass is 9.82. The number of esters is 1. The van der Waals surface area contributed by atoms with Gasteiger partial charge in [0.15, 0.2) is 0 Å². The molecule has 0 saturated heterocycles. The van der Waals surface area contributed by atoms with Gasteiger partial charge in [-0.2, -0.15) is 0 Å². The van der Waals surface area contributed by atoms with E-state index in [1.165, 1.54) is 23.8 Å². The van der Waals surface area contributed by atoms with Gasteiger partial charge in [0.2, 0.25) is 0 Å². The van der Waals surface area contributed by atoms with Crippen LogP contribution in [0.25, 0.3) is 0 Å². The summed E-state index contributed by atoms with van der Waals surface area (Å²) in [5.74, 6) is -0.178. The summed E-state index contributed by atoms with van der Waals surface area (Å²) >= 11 is 0. The van der Waals surface area contributed by atoms with E-state index < -0.39 is 0 Å². The highest BCUT2D eigenvalue weighted by Crippen LogP contribution is 2.31. The minimum atomic E-state index is -0.178. The molecule has 1 aliphatic rings. The number of ether oxygens (including phenoxy) is 1. The topological polar surface area (TPSA) is 46.6 Å². The van der Waals surface area contributed by atoms with E-state index >= 15 is 0 Å². The number of hydrogen-bond acceptors (Lipinski definition) is 4. The average molecular weight is 272 g/mol. The van der Waals surface area contributed by atoms with Crippen LogP contribution < -0.4 is 0 Å². The molecule has 1 atom stereocenters. The zero-order valence-electron chi connectivity index (χ0n) is 12.0. The van der Waals surface area contributed by atoms with Crippen molar-refractivity contribution in [2.24, 2.45) is 0 Å². The van der Waals surface area contributed by atoms with Crippen LogP contribution in [0.4, 0.5) is 0 Å². The number of aryl methyl sites for hydroxylation is 1. The van der Waals surface area contributed by atoms with E-state index in [0.717, 1.165) is 19.2 Å². The molecule has 0 aromatic heterocycles. The summed E-state index contributed by atoms with van der Waals surface area (Å²) in [5.41, 5.74) is 3.78. The van der Waals surface area contributed by atoms with Gasteiger partial charge in [-0.15, -0.1) is 0 Å². The maximum absolute atomic E-state index is 11.3. The van der Waals surface area contributed by atoms with Crippen molar-refractivity contribution in [2.45, 2.75) is 32.2 Å². The molecule has 0 unspecified atom stereocenters. The first-order valence-corrected chi connectivity index (χ1v) is 6.89. The molecule has 0 amide bonds. The number of fused-ring (bicyclic) bond motifs is 1. The third-order valence-electron chi connectivity index (χ3n) is 3.96. The fourth-order valence-electron chi connectivity index (χ4n) is 2.82. The number of benzene rings is 1. The Bertz CT molecular complexity index is 504.